The number of carbonyl (C=O) groups is 1. The van der Waals surface area contributed by atoms with Gasteiger partial charge in [-0.2, -0.15) is 8.42 Å². The van der Waals surface area contributed by atoms with Crippen LogP contribution >= 0.6 is 0 Å². The van der Waals surface area contributed by atoms with E-state index in [9.17, 15) is 13.2 Å². The van der Waals surface area contributed by atoms with Crippen LogP contribution in [0.5, 0.6) is 0 Å². The van der Waals surface area contributed by atoms with Crippen LogP contribution in [-0.4, -0.2) is 19.3 Å². The highest BCUT2D eigenvalue weighted by Gasteiger charge is 2.02. The third kappa shape index (κ3) is 2.01. The van der Waals surface area contributed by atoms with E-state index in [0.717, 1.165) is 0 Å². The number of hydrogen-bond donors (Lipinski definition) is 1. The number of hydrogen-bond acceptors (Lipinski definition) is 3. The van der Waals surface area contributed by atoms with Crippen molar-refractivity contribution in [2.75, 3.05) is 0 Å². The van der Waals surface area contributed by atoms with Crippen LogP contribution in [0.1, 0.15) is 10.4 Å². The number of aromatic amines is 1. The summed E-state index contributed by atoms with van der Waals surface area (Å²) in [5.41, 5.74) is 0.231. The Labute approximate surface area is 63.8 Å². The van der Waals surface area contributed by atoms with Crippen molar-refractivity contribution < 1.29 is 13.2 Å². The Hall–Kier alpha value is -1.43. The molecule has 1 aromatic rings. The van der Waals surface area contributed by atoms with Crippen LogP contribution in [0.15, 0.2) is 22.8 Å². The summed E-state index contributed by atoms with van der Waals surface area (Å²) in [4.78, 5) is 13.3. The highest BCUT2D eigenvalue weighted by Crippen LogP contribution is 1.97. The highest BCUT2D eigenvalue weighted by atomic mass is 32.2. The smallest absolute Gasteiger partial charge is 0.319 e. The van der Waals surface area contributed by atoms with E-state index in [1.54, 1.807) is 0 Å². The normalized spacial score (nSPS) is 9.09. The fraction of sp³-hybridized carbons (Fsp3) is 0. The van der Waals surface area contributed by atoms with E-state index >= 15 is 0 Å². The molecule has 0 aliphatic rings. The van der Waals surface area contributed by atoms with Crippen molar-refractivity contribution in [2.45, 2.75) is 0 Å². The molecule has 0 aliphatic carbocycles. The Kier molecular flexibility index (Phi) is 2.17. The summed E-state index contributed by atoms with van der Waals surface area (Å²) in [5, 5.41) is 0. The summed E-state index contributed by atoms with van der Waals surface area (Å²) in [7, 11) is -2.67. The maximum atomic E-state index is 10.7. The number of aromatic nitrogens is 1. The predicted molar refractivity (Wildman–Crippen MR) is 36.5 cm³/mol. The molecule has 5 nitrogen and oxygen atoms in total. The minimum atomic E-state index is -2.67. The summed E-state index contributed by atoms with van der Waals surface area (Å²) in [6, 6.07) is 1.44. The SMILES string of the molecule is O=C(N=S(=O)=O)c1cc[nH]c1. The van der Waals surface area contributed by atoms with Gasteiger partial charge in [-0.1, -0.05) is 4.36 Å². The molecule has 0 spiro atoms. The maximum Gasteiger partial charge on any atom is 0.319 e. The highest BCUT2D eigenvalue weighted by molar-refractivity contribution is 7.62. The van der Waals surface area contributed by atoms with E-state index < -0.39 is 16.4 Å². The minimum absolute atomic E-state index is 0.231. The maximum absolute atomic E-state index is 10.7. The topological polar surface area (TPSA) is 79.4 Å². The molecule has 1 rings (SSSR count). The van der Waals surface area contributed by atoms with Gasteiger partial charge in [-0.25, -0.2) is 0 Å². The lowest BCUT2D eigenvalue weighted by atomic mass is 10.3. The molecular formula is C5H4N2O3S. The Balaban J connectivity index is 2.97. The molecule has 0 unspecified atom stereocenters. The monoisotopic (exact) mass is 172 g/mol. The lowest BCUT2D eigenvalue weighted by Gasteiger charge is -1.79. The molecule has 1 amide bonds. The lowest BCUT2D eigenvalue weighted by Crippen LogP contribution is -1.90. The van der Waals surface area contributed by atoms with Crippen molar-refractivity contribution in [1.29, 1.82) is 0 Å². The number of rotatable bonds is 1. The molecule has 0 fully saturated rings. The first kappa shape index (κ1) is 7.67. The van der Waals surface area contributed by atoms with Gasteiger partial charge in [0.15, 0.2) is 0 Å². The van der Waals surface area contributed by atoms with E-state index in [1.807, 2.05) is 0 Å². The van der Waals surface area contributed by atoms with Gasteiger partial charge in [0.2, 0.25) is 0 Å². The Morgan fingerprint density at radius 1 is 1.55 bits per heavy atom. The number of amides is 1. The third-order valence-electron chi connectivity index (χ3n) is 1.00. The molecule has 1 N–H and O–H groups in total. The first-order valence-corrected chi connectivity index (χ1v) is 3.71. The summed E-state index contributed by atoms with van der Waals surface area (Å²) < 4.78 is 22.6. The van der Waals surface area contributed by atoms with E-state index in [-0.39, 0.29) is 5.56 Å². The van der Waals surface area contributed by atoms with Gasteiger partial charge in [-0.05, 0) is 6.07 Å². The first-order chi connectivity index (χ1) is 5.20. The summed E-state index contributed by atoms with van der Waals surface area (Å²) in [5.74, 6) is -0.764. The molecule has 0 bridgehead atoms. The van der Waals surface area contributed by atoms with E-state index in [0.29, 0.717) is 0 Å². The first-order valence-electron chi connectivity index (χ1n) is 2.68. The van der Waals surface area contributed by atoms with E-state index in [2.05, 4.69) is 9.35 Å². The Morgan fingerprint density at radius 3 is 2.73 bits per heavy atom. The lowest BCUT2D eigenvalue weighted by molar-refractivity contribution is 0.101. The second kappa shape index (κ2) is 3.11. The van der Waals surface area contributed by atoms with Crippen molar-refractivity contribution in [3.05, 3.63) is 24.0 Å². The zero-order valence-electron chi connectivity index (χ0n) is 5.31. The van der Waals surface area contributed by atoms with Gasteiger partial charge in [-0.3, -0.25) is 4.79 Å². The zero-order chi connectivity index (χ0) is 8.27. The van der Waals surface area contributed by atoms with E-state index in [4.69, 9.17) is 0 Å². The molecular weight excluding hydrogens is 168 g/mol. The average Bonchev–Trinajstić information content (AvgIpc) is 2.35. The van der Waals surface area contributed by atoms with Gasteiger partial charge in [-0.15, -0.1) is 0 Å². The molecule has 0 radical (unpaired) electrons. The van der Waals surface area contributed by atoms with Crippen molar-refractivity contribution in [2.24, 2.45) is 4.36 Å². The molecule has 0 saturated heterocycles. The third-order valence-corrected chi connectivity index (χ3v) is 1.32. The molecule has 0 aromatic carbocycles. The second-order valence-corrected chi connectivity index (χ2v) is 2.33. The molecule has 1 aromatic heterocycles. The molecule has 11 heavy (non-hydrogen) atoms. The van der Waals surface area contributed by atoms with Crippen LogP contribution < -0.4 is 0 Å². The number of H-pyrrole nitrogens is 1. The van der Waals surface area contributed by atoms with Gasteiger partial charge in [0.1, 0.15) is 0 Å². The van der Waals surface area contributed by atoms with Crippen LogP contribution in [0.25, 0.3) is 0 Å². The fourth-order valence-electron chi connectivity index (χ4n) is 0.577. The predicted octanol–water partition coefficient (Wildman–Crippen LogP) is 0.218. The number of carbonyl (C=O) groups excluding carboxylic acids is 1. The van der Waals surface area contributed by atoms with Crippen molar-refractivity contribution in [3.8, 4) is 0 Å². The largest absolute Gasteiger partial charge is 0.367 e. The van der Waals surface area contributed by atoms with Crippen LogP contribution in [0.3, 0.4) is 0 Å². The summed E-state index contributed by atoms with van der Waals surface area (Å²) in [6.07, 6.45) is 2.88. The molecule has 0 saturated carbocycles. The van der Waals surface area contributed by atoms with E-state index in [1.165, 1.54) is 18.5 Å². The summed E-state index contributed by atoms with van der Waals surface area (Å²) in [6.45, 7) is 0. The molecule has 1 heterocycles. The number of nitrogens with zero attached hydrogens (tertiary/aromatic N) is 1. The fourth-order valence-corrected chi connectivity index (χ4v) is 0.818. The van der Waals surface area contributed by atoms with Crippen molar-refractivity contribution in [3.63, 3.8) is 0 Å². The van der Waals surface area contributed by atoms with Gasteiger partial charge in [0.05, 0.1) is 5.56 Å². The van der Waals surface area contributed by atoms with Gasteiger partial charge in [0.25, 0.3) is 5.91 Å². The Morgan fingerprint density at radius 2 is 2.27 bits per heavy atom. The second-order valence-electron chi connectivity index (χ2n) is 1.71. The Bertz CT molecular complexity index is 368. The minimum Gasteiger partial charge on any atom is -0.367 e. The van der Waals surface area contributed by atoms with Crippen LogP contribution in [0.2, 0.25) is 0 Å². The van der Waals surface area contributed by atoms with Crippen LogP contribution in [0, 0.1) is 0 Å². The molecule has 58 valence electrons. The zero-order valence-corrected chi connectivity index (χ0v) is 6.13. The van der Waals surface area contributed by atoms with Crippen LogP contribution in [-0.2, 0) is 10.5 Å². The van der Waals surface area contributed by atoms with Crippen molar-refractivity contribution >= 4 is 16.4 Å². The summed E-state index contributed by atoms with van der Waals surface area (Å²) >= 11 is 0. The molecule has 0 aliphatic heterocycles. The average molecular weight is 172 g/mol. The van der Waals surface area contributed by atoms with Crippen molar-refractivity contribution in [1.82, 2.24) is 4.98 Å². The number of nitrogens with one attached hydrogen (secondary N) is 1. The molecule has 0 atom stereocenters. The van der Waals surface area contributed by atoms with Gasteiger partial charge >= 0.3 is 10.5 Å². The molecule has 6 heteroatoms. The van der Waals surface area contributed by atoms with Gasteiger partial charge in [0, 0.05) is 12.4 Å². The van der Waals surface area contributed by atoms with Crippen LogP contribution in [0.4, 0.5) is 0 Å². The quantitative estimate of drug-likeness (QED) is 0.657. The van der Waals surface area contributed by atoms with Gasteiger partial charge < -0.3 is 4.98 Å². The standard InChI is InChI=1S/C5H4N2O3S/c8-5(7-11(9)10)4-1-2-6-3-4/h1-3,6H.